The minimum atomic E-state index is -1.04. The van der Waals surface area contributed by atoms with Gasteiger partial charge >= 0.3 is 5.97 Å². The summed E-state index contributed by atoms with van der Waals surface area (Å²) in [5.74, 6) is -0.818. The highest BCUT2D eigenvalue weighted by Gasteiger charge is 2.12. The van der Waals surface area contributed by atoms with Gasteiger partial charge in [-0.15, -0.1) is 11.8 Å². The van der Waals surface area contributed by atoms with Crippen LogP contribution in [0.5, 0.6) is 0 Å². The van der Waals surface area contributed by atoms with Crippen molar-refractivity contribution in [3.05, 3.63) is 23.8 Å². The maximum absolute atomic E-state index is 10.9. The van der Waals surface area contributed by atoms with E-state index in [1.165, 1.54) is 18.2 Å². The number of aliphatic hydroxyl groups excluding tert-OH is 2. The van der Waals surface area contributed by atoms with Gasteiger partial charge in [0, 0.05) is 16.3 Å². The van der Waals surface area contributed by atoms with Crippen LogP contribution < -0.4 is 5.73 Å². The molecule has 5 N–H and O–H groups in total. The molecule has 0 fully saturated rings. The maximum atomic E-state index is 10.9. The topological polar surface area (TPSA) is 104 Å². The lowest BCUT2D eigenvalue weighted by Crippen LogP contribution is -2.15. The monoisotopic (exact) mass is 243 g/mol. The molecule has 0 radical (unpaired) electrons. The highest BCUT2D eigenvalue weighted by Crippen LogP contribution is 2.25. The first kappa shape index (κ1) is 12.8. The summed E-state index contributed by atoms with van der Waals surface area (Å²) in [6.45, 7) is -0.349. The SMILES string of the molecule is Nc1ccc(C(=O)O)c(SCC(O)CO)c1. The molecule has 0 aliphatic rings. The first-order chi connectivity index (χ1) is 7.54. The van der Waals surface area contributed by atoms with Crippen LogP contribution in [0.3, 0.4) is 0 Å². The number of hydrogen-bond donors (Lipinski definition) is 4. The molecule has 1 atom stereocenters. The van der Waals surface area contributed by atoms with E-state index in [2.05, 4.69) is 0 Å². The van der Waals surface area contributed by atoms with Crippen molar-refractivity contribution < 1.29 is 20.1 Å². The van der Waals surface area contributed by atoms with Crippen LogP contribution in [0.2, 0.25) is 0 Å². The minimum Gasteiger partial charge on any atom is -0.478 e. The van der Waals surface area contributed by atoms with E-state index in [0.29, 0.717) is 10.6 Å². The lowest BCUT2D eigenvalue weighted by atomic mass is 10.2. The van der Waals surface area contributed by atoms with E-state index in [1.54, 1.807) is 0 Å². The highest BCUT2D eigenvalue weighted by molar-refractivity contribution is 7.99. The summed E-state index contributed by atoms with van der Waals surface area (Å²) in [5.41, 5.74) is 6.16. The molecule has 0 aliphatic heterocycles. The summed E-state index contributed by atoms with van der Waals surface area (Å²) < 4.78 is 0. The second-order valence-electron chi connectivity index (χ2n) is 3.21. The zero-order valence-electron chi connectivity index (χ0n) is 8.46. The van der Waals surface area contributed by atoms with Crippen LogP contribution in [0.15, 0.2) is 23.1 Å². The number of aromatic carboxylic acids is 1. The van der Waals surface area contributed by atoms with Crippen LogP contribution in [0, 0.1) is 0 Å². The van der Waals surface area contributed by atoms with E-state index < -0.39 is 12.1 Å². The van der Waals surface area contributed by atoms with E-state index in [9.17, 15) is 4.79 Å². The quantitative estimate of drug-likeness (QED) is 0.441. The Kier molecular flexibility index (Phi) is 4.60. The Bertz CT molecular complexity index is 383. The van der Waals surface area contributed by atoms with Gasteiger partial charge < -0.3 is 21.1 Å². The van der Waals surface area contributed by atoms with E-state index in [0.717, 1.165) is 11.8 Å². The molecule has 1 unspecified atom stereocenters. The van der Waals surface area contributed by atoms with Crippen molar-refractivity contribution in [2.45, 2.75) is 11.0 Å². The van der Waals surface area contributed by atoms with Gasteiger partial charge in [-0.2, -0.15) is 0 Å². The van der Waals surface area contributed by atoms with Crippen molar-refractivity contribution in [2.75, 3.05) is 18.1 Å². The molecule has 0 bridgehead atoms. The smallest absolute Gasteiger partial charge is 0.336 e. The molecule has 16 heavy (non-hydrogen) atoms. The predicted molar refractivity (Wildman–Crippen MR) is 61.6 cm³/mol. The molecule has 0 aliphatic carbocycles. The van der Waals surface area contributed by atoms with Gasteiger partial charge in [0.2, 0.25) is 0 Å². The van der Waals surface area contributed by atoms with E-state index in [4.69, 9.17) is 21.1 Å². The average Bonchev–Trinajstić information content (AvgIpc) is 2.25. The first-order valence-corrected chi connectivity index (χ1v) is 5.57. The summed E-state index contributed by atoms with van der Waals surface area (Å²) in [7, 11) is 0. The molecule has 0 aromatic heterocycles. The van der Waals surface area contributed by atoms with Gasteiger partial charge in [0.05, 0.1) is 18.3 Å². The van der Waals surface area contributed by atoms with Crippen LogP contribution >= 0.6 is 11.8 Å². The van der Waals surface area contributed by atoms with Crippen molar-refractivity contribution in [3.8, 4) is 0 Å². The lowest BCUT2D eigenvalue weighted by Gasteiger charge is -2.09. The summed E-state index contributed by atoms with van der Waals surface area (Å²) in [4.78, 5) is 11.4. The van der Waals surface area contributed by atoms with Gasteiger partial charge in [-0.05, 0) is 18.2 Å². The van der Waals surface area contributed by atoms with Gasteiger partial charge in [0.15, 0.2) is 0 Å². The number of nitrogens with two attached hydrogens (primary N) is 1. The first-order valence-electron chi connectivity index (χ1n) is 4.59. The van der Waals surface area contributed by atoms with Crippen molar-refractivity contribution in [1.29, 1.82) is 0 Å². The zero-order valence-corrected chi connectivity index (χ0v) is 9.28. The third-order valence-corrected chi connectivity index (χ3v) is 3.08. The Morgan fingerprint density at radius 1 is 1.50 bits per heavy atom. The number of benzene rings is 1. The Balaban J connectivity index is 2.84. The van der Waals surface area contributed by atoms with Crippen LogP contribution in [-0.2, 0) is 0 Å². The van der Waals surface area contributed by atoms with Gasteiger partial charge in [-0.3, -0.25) is 0 Å². The average molecular weight is 243 g/mol. The molecule has 88 valence electrons. The zero-order chi connectivity index (χ0) is 12.1. The molecule has 1 rings (SSSR count). The van der Waals surface area contributed by atoms with Crippen LogP contribution in [-0.4, -0.2) is 39.8 Å². The second-order valence-corrected chi connectivity index (χ2v) is 4.27. The number of carboxylic acids is 1. The molecule has 0 heterocycles. The standard InChI is InChI=1S/C10H13NO4S/c11-6-1-2-8(10(14)15)9(3-6)16-5-7(13)4-12/h1-3,7,12-13H,4-5,11H2,(H,14,15). The summed E-state index contributed by atoms with van der Waals surface area (Å²) in [6, 6.07) is 4.47. The Labute approximate surface area is 96.9 Å². The summed E-state index contributed by atoms with van der Waals surface area (Å²) in [6.07, 6.45) is -0.868. The molecule has 6 heteroatoms. The number of rotatable bonds is 5. The summed E-state index contributed by atoms with van der Waals surface area (Å²) in [5, 5.41) is 26.7. The molecule has 0 saturated heterocycles. The molecule has 5 nitrogen and oxygen atoms in total. The van der Waals surface area contributed by atoms with Crippen molar-refractivity contribution in [2.24, 2.45) is 0 Å². The predicted octanol–water partition coefficient (Wildman–Crippen LogP) is 0.412. The van der Waals surface area contributed by atoms with Crippen molar-refractivity contribution in [3.63, 3.8) is 0 Å². The number of carbonyl (C=O) groups is 1. The largest absolute Gasteiger partial charge is 0.478 e. The molecule has 1 aromatic carbocycles. The fourth-order valence-corrected chi connectivity index (χ4v) is 2.08. The Hall–Kier alpha value is -1.24. The molecule has 1 aromatic rings. The van der Waals surface area contributed by atoms with E-state index in [-0.39, 0.29) is 17.9 Å². The minimum absolute atomic E-state index is 0.143. The number of carboxylic acid groups (broad SMARTS) is 1. The van der Waals surface area contributed by atoms with Gasteiger partial charge in [0.25, 0.3) is 0 Å². The van der Waals surface area contributed by atoms with Gasteiger partial charge in [0.1, 0.15) is 0 Å². The number of aliphatic hydroxyl groups is 2. The fourth-order valence-electron chi connectivity index (χ4n) is 1.07. The fraction of sp³-hybridized carbons (Fsp3) is 0.300. The number of nitrogen functional groups attached to an aromatic ring is 1. The second kappa shape index (κ2) is 5.74. The van der Waals surface area contributed by atoms with E-state index >= 15 is 0 Å². The molecule has 0 amide bonds. The van der Waals surface area contributed by atoms with Gasteiger partial charge in [-0.1, -0.05) is 0 Å². The molecule has 0 spiro atoms. The number of thioether (sulfide) groups is 1. The lowest BCUT2D eigenvalue weighted by molar-refractivity contribution is 0.0693. The van der Waals surface area contributed by atoms with Gasteiger partial charge in [-0.25, -0.2) is 4.79 Å². The molecular weight excluding hydrogens is 230 g/mol. The highest BCUT2D eigenvalue weighted by atomic mass is 32.2. The third-order valence-electron chi connectivity index (χ3n) is 1.88. The van der Waals surface area contributed by atoms with E-state index in [1.807, 2.05) is 0 Å². The Morgan fingerprint density at radius 2 is 2.19 bits per heavy atom. The van der Waals surface area contributed by atoms with Crippen molar-refractivity contribution >= 4 is 23.4 Å². The summed E-state index contributed by atoms with van der Waals surface area (Å²) >= 11 is 1.15. The third kappa shape index (κ3) is 3.41. The normalized spacial score (nSPS) is 12.4. The van der Waals surface area contributed by atoms with Crippen LogP contribution in [0.4, 0.5) is 5.69 Å². The maximum Gasteiger partial charge on any atom is 0.336 e. The van der Waals surface area contributed by atoms with Crippen LogP contribution in [0.25, 0.3) is 0 Å². The number of anilines is 1. The Morgan fingerprint density at radius 3 is 2.75 bits per heavy atom. The molecular formula is C10H13NO4S. The van der Waals surface area contributed by atoms with Crippen LogP contribution in [0.1, 0.15) is 10.4 Å². The number of hydrogen-bond acceptors (Lipinski definition) is 5. The van der Waals surface area contributed by atoms with Crippen molar-refractivity contribution in [1.82, 2.24) is 0 Å². The molecule has 0 saturated carbocycles.